The van der Waals surface area contributed by atoms with Crippen molar-refractivity contribution in [2.75, 3.05) is 0 Å². The molecule has 0 bridgehead atoms. The lowest BCUT2D eigenvalue weighted by molar-refractivity contribution is 0.549. The number of aromatic amines is 1. The standard InChI is InChI=1S/C12H13N3O/c16-12-7-11(10-3-1-2-6-13-10)14-15(12)8-9-4-5-9/h1-3,6-7,9,14H,4-5,8H2. The molecule has 4 heteroatoms. The van der Waals surface area contributed by atoms with Gasteiger partial charge in [-0.15, -0.1) is 0 Å². The first kappa shape index (κ1) is 9.39. The fraction of sp³-hybridized carbons (Fsp3) is 0.333. The average molecular weight is 215 g/mol. The van der Waals surface area contributed by atoms with Crippen LogP contribution < -0.4 is 5.56 Å². The molecule has 0 amide bonds. The van der Waals surface area contributed by atoms with Crippen LogP contribution in [-0.2, 0) is 6.54 Å². The first-order valence-corrected chi connectivity index (χ1v) is 5.54. The van der Waals surface area contributed by atoms with Crippen LogP contribution in [-0.4, -0.2) is 14.8 Å². The van der Waals surface area contributed by atoms with Gasteiger partial charge >= 0.3 is 0 Å². The van der Waals surface area contributed by atoms with Crippen LogP contribution in [0, 0.1) is 5.92 Å². The smallest absolute Gasteiger partial charge is 0.267 e. The van der Waals surface area contributed by atoms with Crippen LogP contribution in [0.25, 0.3) is 11.4 Å². The monoisotopic (exact) mass is 215 g/mol. The number of H-pyrrole nitrogens is 1. The molecule has 0 aromatic carbocycles. The number of hydrogen-bond donors (Lipinski definition) is 1. The maximum absolute atomic E-state index is 11.7. The van der Waals surface area contributed by atoms with Gasteiger partial charge in [0.2, 0.25) is 0 Å². The van der Waals surface area contributed by atoms with E-state index in [0.717, 1.165) is 17.9 Å². The molecular formula is C12H13N3O. The summed E-state index contributed by atoms with van der Waals surface area (Å²) in [7, 11) is 0. The van der Waals surface area contributed by atoms with E-state index in [1.165, 1.54) is 12.8 Å². The minimum Gasteiger partial charge on any atom is -0.293 e. The molecule has 4 nitrogen and oxygen atoms in total. The van der Waals surface area contributed by atoms with Crippen LogP contribution >= 0.6 is 0 Å². The summed E-state index contributed by atoms with van der Waals surface area (Å²) < 4.78 is 1.68. The highest BCUT2D eigenvalue weighted by atomic mass is 16.1. The second kappa shape index (κ2) is 3.63. The van der Waals surface area contributed by atoms with Crippen molar-refractivity contribution in [1.29, 1.82) is 0 Å². The fourth-order valence-electron chi connectivity index (χ4n) is 1.78. The fourth-order valence-corrected chi connectivity index (χ4v) is 1.78. The van der Waals surface area contributed by atoms with E-state index in [1.54, 1.807) is 16.9 Å². The molecule has 1 N–H and O–H groups in total. The largest absolute Gasteiger partial charge is 0.293 e. The summed E-state index contributed by atoms with van der Waals surface area (Å²) in [5.74, 6) is 0.688. The van der Waals surface area contributed by atoms with E-state index in [1.807, 2.05) is 18.2 Å². The molecule has 0 spiro atoms. The average Bonchev–Trinajstić information content (AvgIpc) is 3.05. The maximum atomic E-state index is 11.7. The molecule has 2 aromatic heterocycles. The Kier molecular flexibility index (Phi) is 2.13. The summed E-state index contributed by atoms with van der Waals surface area (Å²) >= 11 is 0. The molecule has 0 saturated heterocycles. The Balaban J connectivity index is 1.94. The van der Waals surface area contributed by atoms with Gasteiger partial charge in [-0.2, -0.15) is 0 Å². The van der Waals surface area contributed by atoms with E-state index in [-0.39, 0.29) is 5.56 Å². The van der Waals surface area contributed by atoms with Crippen molar-refractivity contribution in [1.82, 2.24) is 14.8 Å². The summed E-state index contributed by atoms with van der Waals surface area (Å²) in [6.07, 6.45) is 4.21. The van der Waals surface area contributed by atoms with Gasteiger partial charge in [0.25, 0.3) is 5.56 Å². The first-order chi connectivity index (χ1) is 7.83. The minimum absolute atomic E-state index is 0.0348. The molecule has 2 aromatic rings. The van der Waals surface area contributed by atoms with Gasteiger partial charge < -0.3 is 0 Å². The lowest BCUT2D eigenvalue weighted by Crippen LogP contribution is -2.16. The number of aromatic nitrogens is 3. The molecule has 16 heavy (non-hydrogen) atoms. The molecule has 1 saturated carbocycles. The van der Waals surface area contributed by atoms with Gasteiger partial charge in [-0.3, -0.25) is 19.6 Å². The second-order valence-corrected chi connectivity index (χ2v) is 4.28. The Labute approximate surface area is 92.9 Å². The second-order valence-electron chi connectivity index (χ2n) is 4.28. The molecule has 3 rings (SSSR count). The van der Waals surface area contributed by atoms with Crippen molar-refractivity contribution in [3.8, 4) is 11.4 Å². The van der Waals surface area contributed by atoms with Crippen molar-refractivity contribution in [3.05, 3.63) is 40.8 Å². The third-order valence-corrected chi connectivity index (χ3v) is 2.87. The first-order valence-electron chi connectivity index (χ1n) is 5.54. The van der Waals surface area contributed by atoms with E-state index >= 15 is 0 Å². The predicted molar refractivity (Wildman–Crippen MR) is 61.0 cm³/mol. The van der Waals surface area contributed by atoms with Crippen molar-refractivity contribution in [2.45, 2.75) is 19.4 Å². The summed E-state index contributed by atoms with van der Waals surface area (Å²) in [6.45, 7) is 0.811. The molecular weight excluding hydrogens is 202 g/mol. The van der Waals surface area contributed by atoms with Crippen molar-refractivity contribution < 1.29 is 0 Å². The van der Waals surface area contributed by atoms with Crippen LogP contribution in [0.4, 0.5) is 0 Å². The highest BCUT2D eigenvalue weighted by Gasteiger charge is 2.22. The van der Waals surface area contributed by atoms with E-state index in [4.69, 9.17) is 0 Å². The van der Waals surface area contributed by atoms with Gasteiger partial charge in [0.15, 0.2) is 0 Å². The van der Waals surface area contributed by atoms with Crippen LogP contribution in [0.5, 0.6) is 0 Å². The third kappa shape index (κ3) is 1.78. The van der Waals surface area contributed by atoms with E-state index in [0.29, 0.717) is 5.92 Å². The summed E-state index contributed by atoms with van der Waals surface area (Å²) in [4.78, 5) is 15.9. The summed E-state index contributed by atoms with van der Waals surface area (Å²) in [5.41, 5.74) is 1.65. The Morgan fingerprint density at radius 2 is 2.31 bits per heavy atom. The van der Waals surface area contributed by atoms with Gasteiger partial charge in [-0.1, -0.05) is 6.07 Å². The molecule has 0 atom stereocenters. The molecule has 1 aliphatic rings. The SMILES string of the molecule is O=c1cc(-c2ccccn2)[nH]n1CC1CC1. The Bertz CT molecular complexity index is 537. The zero-order valence-corrected chi connectivity index (χ0v) is 8.89. The third-order valence-electron chi connectivity index (χ3n) is 2.87. The van der Waals surface area contributed by atoms with Crippen molar-refractivity contribution in [2.24, 2.45) is 5.92 Å². The van der Waals surface area contributed by atoms with Gasteiger partial charge in [0.05, 0.1) is 11.4 Å². The van der Waals surface area contributed by atoms with Crippen molar-refractivity contribution >= 4 is 0 Å². The normalized spacial score (nSPS) is 15.2. The van der Waals surface area contributed by atoms with Gasteiger partial charge in [-0.05, 0) is 30.9 Å². The predicted octanol–water partition coefficient (Wildman–Crippen LogP) is 1.65. The zero-order chi connectivity index (χ0) is 11.0. The van der Waals surface area contributed by atoms with Gasteiger partial charge in [-0.25, -0.2) is 0 Å². The topological polar surface area (TPSA) is 50.7 Å². The highest BCUT2D eigenvalue weighted by Crippen LogP contribution is 2.30. The van der Waals surface area contributed by atoms with Crippen LogP contribution in [0.1, 0.15) is 12.8 Å². The van der Waals surface area contributed by atoms with E-state index in [9.17, 15) is 4.79 Å². The van der Waals surface area contributed by atoms with Crippen LogP contribution in [0.2, 0.25) is 0 Å². The number of hydrogen-bond acceptors (Lipinski definition) is 2. The quantitative estimate of drug-likeness (QED) is 0.846. The van der Waals surface area contributed by atoms with Gasteiger partial charge in [0.1, 0.15) is 0 Å². The number of pyridine rings is 1. The summed E-state index contributed by atoms with van der Waals surface area (Å²) in [6, 6.07) is 7.29. The van der Waals surface area contributed by atoms with Crippen LogP contribution in [0.3, 0.4) is 0 Å². The Morgan fingerprint density at radius 1 is 1.44 bits per heavy atom. The number of rotatable bonds is 3. The Hall–Kier alpha value is -1.84. The van der Waals surface area contributed by atoms with E-state index < -0.39 is 0 Å². The van der Waals surface area contributed by atoms with Gasteiger partial charge in [0, 0.05) is 18.8 Å². The maximum Gasteiger partial charge on any atom is 0.267 e. The lowest BCUT2D eigenvalue weighted by atomic mass is 10.3. The highest BCUT2D eigenvalue weighted by molar-refractivity contribution is 5.52. The van der Waals surface area contributed by atoms with Crippen LogP contribution in [0.15, 0.2) is 35.3 Å². The molecule has 1 fully saturated rings. The molecule has 0 unspecified atom stereocenters. The minimum atomic E-state index is 0.0348. The molecule has 2 heterocycles. The number of nitrogens with zero attached hydrogens (tertiary/aromatic N) is 2. The van der Waals surface area contributed by atoms with Crippen molar-refractivity contribution in [3.63, 3.8) is 0 Å². The molecule has 0 radical (unpaired) electrons. The van der Waals surface area contributed by atoms with E-state index in [2.05, 4.69) is 10.1 Å². The zero-order valence-electron chi connectivity index (χ0n) is 8.89. The lowest BCUT2D eigenvalue weighted by Gasteiger charge is -1.99. The molecule has 82 valence electrons. The summed E-state index contributed by atoms with van der Waals surface area (Å²) in [5, 5.41) is 3.11. The number of nitrogens with one attached hydrogen (secondary N) is 1. The molecule has 1 aliphatic carbocycles. The Morgan fingerprint density at radius 3 is 3.00 bits per heavy atom. The molecule has 0 aliphatic heterocycles.